The molecule has 1 aliphatic rings. The molecule has 0 aromatic carbocycles. The number of hydrogen-bond acceptors (Lipinski definition) is 3. The molecule has 86 valence electrons. The highest BCUT2D eigenvalue weighted by atomic mass is 16.5. The number of carboxylic acids is 1. The average Bonchev–Trinajstić information content (AvgIpc) is 2.25. The van der Waals surface area contributed by atoms with E-state index in [9.17, 15) is 9.59 Å². The van der Waals surface area contributed by atoms with Crippen LogP contribution in [-0.4, -0.2) is 36.7 Å². The van der Waals surface area contributed by atoms with Crippen molar-refractivity contribution >= 4 is 12.4 Å². The van der Waals surface area contributed by atoms with Gasteiger partial charge in [0.05, 0.1) is 6.10 Å². The highest BCUT2D eigenvalue weighted by Gasteiger charge is 2.32. The fraction of sp³-hybridized carbons (Fsp3) is 0.800. The van der Waals surface area contributed by atoms with E-state index >= 15 is 0 Å². The van der Waals surface area contributed by atoms with Crippen molar-refractivity contribution in [2.45, 2.75) is 37.8 Å². The van der Waals surface area contributed by atoms with Crippen LogP contribution in [0, 0.1) is 5.92 Å². The molecule has 0 heterocycles. The zero-order valence-corrected chi connectivity index (χ0v) is 8.81. The quantitative estimate of drug-likeness (QED) is 0.650. The number of carbonyl (C=O) groups is 2. The SMILES string of the molecule is COC1CCCC(C(NC=O)C(=O)O)C1. The predicted octanol–water partition coefficient (Wildman–Crippen LogP) is 0.391. The van der Waals surface area contributed by atoms with Gasteiger partial charge in [0, 0.05) is 7.11 Å². The van der Waals surface area contributed by atoms with Crippen LogP contribution in [0.4, 0.5) is 0 Å². The summed E-state index contributed by atoms with van der Waals surface area (Å²) < 4.78 is 5.22. The topological polar surface area (TPSA) is 75.6 Å². The number of aliphatic carboxylic acids is 1. The zero-order chi connectivity index (χ0) is 11.3. The smallest absolute Gasteiger partial charge is 0.326 e. The van der Waals surface area contributed by atoms with Gasteiger partial charge in [0.15, 0.2) is 0 Å². The van der Waals surface area contributed by atoms with E-state index in [0.717, 1.165) is 19.3 Å². The molecular formula is C10H17NO4. The molecule has 0 radical (unpaired) electrons. The minimum atomic E-state index is -0.969. The highest BCUT2D eigenvalue weighted by molar-refractivity contribution is 5.76. The van der Waals surface area contributed by atoms with Crippen LogP contribution >= 0.6 is 0 Å². The Bertz CT molecular complexity index is 231. The first-order valence-electron chi connectivity index (χ1n) is 5.14. The summed E-state index contributed by atoms with van der Waals surface area (Å²) in [7, 11) is 1.63. The summed E-state index contributed by atoms with van der Waals surface area (Å²) >= 11 is 0. The van der Waals surface area contributed by atoms with E-state index in [-0.39, 0.29) is 12.0 Å². The monoisotopic (exact) mass is 215 g/mol. The molecule has 0 aromatic heterocycles. The maximum absolute atomic E-state index is 10.9. The van der Waals surface area contributed by atoms with Gasteiger partial charge in [-0.05, 0) is 25.2 Å². The summed E-state index contributed by atoms with van der Waals surface area (Å²) in [5.41, 5.74) is 0. The molecule has 2 N–H and O–H groups in total. The van der Waals surface area contributed by atoms with Crippen LogP contribution in [0.5, 0.6) is 0 Å². The van der Waals surface area contributed by atoms with Crippen molar-refractivity contribution in [1.82, 2.24) is 5.32 Å². The summed E-state index contributed by atoms with van der Waals surface area (Å²) in [5, 5.41) is 11.3. The maximum Gasteiger partial charge on any atom is 0.326 e. The number of ether oxygens (including phenoxy) is 1. The van der Waals surface area contributed by atoms with Crippen LogP contribution in [0.25, 0.3) is 0 Å². The molecule has 0 aliphatic heterocycles. The number of rotatable bonds is 5. The van der Waals surface area contributed by atoms with E-state index < -0.39 is 12.0 Å². The summed E-state index contributed by atoms with van der Waals surface area (Å²) in [6.07, 6.45) is 4.04. The maximum atomic E-state index is 10.9. The molecule has 15 heavy (non-hydrogen) atoms. The molecule has 1 aliphatic carbocycles. The molecule has 0 spiro atoms. The van der Waals surface area contributed by atoms with E-state index in [1.54, 1.807) is 7.11 Å². The number of hydrogen-bond donors (Lipinski definition) is 2. The lowest BCUT2D eigenvalue weighted by Crippen LogP contribution is -2.44. The number of nitrogens with one attached hydrogen (secondary N) is 1. The van der Waals surface area contributed by atoms with Crippen molar-refractivity contribution in [3.63, 3.8) is 0 Å². The second-order valence-corrected chi connectivity index (χ2v) is 3.88. The standard InChI is InChI=1S/C10H17NO4/c1-15-8-4-2-3-7(5-8)9(10(13)14)11-6-12/h6-9H,2-5H2,1H3,(H,11,12)(H,13,14). The van der Waals surface area contributed by atoms with Crippen LogP contribution in [0.15, 0.2) is 0 Å². The number of carbonyl (C=O) groups excluding carboxylic acids is 1. The molecule has 1 rings (SSSR count). The molecule has 0 saturated heterocycles. The van der Waals surface area contributed by atoms with Crippen molar-refractivity contribution in [3.05, 3.63) is 0 Å². The lowest BCUT2D eigenvalue weighted by atomic mass is 9.82. The normalized spacial score (nSPS) is 28.1. The van der Waals surface area contributed by atoms with E-state index in [0.29, 0.717) is 12.8 Å². The fourth-order valence-electron chi connectivity index (χ4n) is 2.18. The molecule has 0 bridgehead atoms. The molecular weight excluding hydrogens is 198 g/mol. The second-order valence-electron chi connectivity index (χ2n) is 3.88. The highest BCUT2D eigenvalue weighted by Crippen LogP contribution is 2.28. The third-order valence-corrected chi connectivity index (χ3v) is 2.99. The van der Waals surface area contributed by atoms with Gasteiger partial charge in [-0.15, -0.1) is 0 Å². The van der Waals surface area contributed by atoms with Crippen LogP contribution in [-0.2, 0) is 14.3 Å². The minimum Gasteiger partial charge on any atom is -0.480 e. The Morgan fingerprint density at radius 3 is 2.87 bits per heavy atom. The lowest BCUT2D eigenvalue weighted by molar-refractivity contribution is -0.143. The van der Waals surface area contributed by atoms with Crippen LogP contribution in [0.2, 0.25) is 0 Å². The van der Waals surface area contributed by atoms with Gasteiger partial charge in [-0.3, -0.25) is 4.79 Å². The molecule has 5 heteroatoms. The van der Waals surface area contributed by atoms with Crippen LogP contribution in [0.3, 0.4) is 0 Å². The number of methoxy groups -OCH3 is 1. The Morgan fingerprint density at radius 1 is 1.60 bits per heavy atom. The van der Waals surface area contributed by atoms with Gasteiger partial charge in [0.25, 0.3) is 0 Å². The minimum absolute atomic E-state index is 0.0219. The first kappa shape index (κ1) is 12.0. The summed E-state index contributed by atoms with van der Waals surface area (Å²) in [5.74, 6) is -0.991. The molecule has 1 saturated carbocycles. The predicted molar refractivity (Wildman–Crippen MR) is 53.4 cm³/mol. The Balaban J connectivity index is 2.58. The largest absolute Gasteiger partial charge is 0.480 e. The third kappa shape index (κ3) is 3.20. The van der Waals surface area contributed by atoms with Gasteiger partial charge in [-0.2, -0.15) is 0 Å². The van der Waals surface area contributed by atoms with E-state index in [4.69, 9.17) is 9.84 Å². The average molecular weight is 215 g/mol. The molecule has 1 amide bonds. The van der Waals surface area contributed by atoms with E-state index in [1.807, 2.05) is 0 Å². The van der Waals surface area contributed by atoms with Crippen molar-refractivity contribution in [2.24, 2.45) is 5.92 Å². The van der Waals surface area contributed by atoms with Crippen molar-refractivity contribution in [3.8, 4) is 0 Å². The summed E-state index contributed by atoms with van der Waals surface area (Å²) in [4.78, 5) is 21.2. The van der Waals surface area contributed by atoms with Crippen LogP contribution < -0.4 is 5.32 Å². The van der Waals surface area contributed by atoms with Gasteiger partial charge in [0.2, 0.25) is 6.41 Å². The van der Waals surface area contributed by atoms with Gasteiger partial charge in [-0.25, -0.2) is 4.79 Å². The first-order chi connectivity index (χ1) is 7.19. The lowest BCUT2D eigenvalue weighted by Gasteiger charge is -2.31. The van der Waals surface area contributed by atoms with Crippen molar-refractivity contribution in [1.29, 1.82) is 0 Å². The molecule has 3 unspecified atom stereocenters. The molecule has 3 atom stereocenters. The third-order valence-electron chi connectivity index (χ3n) is 2.99. The fourth-order valence-corrected chi connectivity index (χ4v) is 2.18. The number of carboxylic acid groups (broad SMARTS) is 1. The number of amides is 1. The first-order valence-corrected chi connectivity index (χ1v) is 5.14. The Kier molecular flexibility index (Phi) is 4.55. The van der Waals surface area contributed by atoms with E-state index in [2.05, 4.69) is 5.32 Å². The summed E-state index contributed by atoms with van der Waals surface area (Å²) in [6.45, 7) is 0. The van der Waals surface area contributed by atoms with Crippen LogP contribution in [0.1, 0.15) is 25.7 Å². The molecule has 1 fully saturated rings. The second kappa shape index (κ2) is 5.70. The zero-order valence-electron chi connectivity index (χ0n) is 8.81. The van der Waals surface area contributed by atoms with Gasteiger partial charge < -0.3 is 15.2 Å². The summed E-state index contributed by atoms with van der Waals surface area (Å²) in [6, 6.07) is -0.777. The van der Waals surface area contributed by atoms with Gasteiger partial charge >= 0.3 is 5.97 Å². The van der Waals surface area contributed by atoms with E-state index in [1.165, 1.54) is 0 Å². The molecule has 0 aromatic rings. The Hall–Kier alpha value is -1.10. The Morgan fingerprint density at radius 2 is 2.33 bits per heavy atom. The van der Waals surface area contributed by atoms with Crippen molar-refractivity contribution in [2.75, 3.05) is 7.11 Å². The Labute approximate surface area is 88.8 Å². The molecule has 5 nitrogen and oxygen atoms in total. The van der Waals surface area contributed by atoms with Gasteiger partial charge in [-0.1, -0.05) is 6.42 Å². The van der Waals surface area contributed by atoms with Crippen molar-refractivity contribution < 1.29 is 19.4 Å². The van der Waals surface area contributed by atoms with Gasteiger partial charge in [0.1, 0.15) is 6.04 Å².